The van der Waals surface area contributed by atoms with E-state index < -0.39 is 0 Å². The summed E-state index contributed by atoms with van der Waals surface area (Å²) in [6, 6.07) is 11.5. The minimum atomic E-state index is -0.103. The zero-order valence-electron chi connectivity index (χ0n) is 12.6. The number of benzene rings is 1. The molecule has 1 amide bonds. The van der Waals surface area contributed by atoms with Crippen LogP contribution in [0.2, 0.25) is 0 Å². The van der Waals surface area contributed by atoms with E-state index in [0.29, 0.717) is 12.0 Å². The van der Waals surface area contributed by atoms with E-state index in [1.54, 1.807) is 10.6 Å². The summed E-state index contributed by atoms with van der Waals surface area (Å²) in [7, 11) is 0. The Labute approximate surface area is 129 Å². The van der Waals surface area contributed by atoms with Crippen LogP contribution in [-0.4, -0.2) is 28.0 Å². The number of nitrogens with zero attached hydrogens (tertiary/aromatic N) is 2. The fourth-order valence-electron chi connectivity index (χ4n) is 4.08. The summed E-state index contributed by atoms with van der Waals surface area (Å²) in [5.41, 5.74) is 0.736. The smallest absolute Gasteiger partial charge is 0.251 e. The van der Waals surface area contributed by atoms with E-state index in [0.717, 1.165) is 30.3 Å². The van der Waals surface area contributed by atoms with Gasteiger partial charge in [0.2, 0.25) is 5.91 Å². The number of hydrogen-bond donors (Lipinski definition) is 0. The summed E-state index contributed by atoms with van der Waals surface area (Å²) in [6.45, 7) is 1.03. The Balaban J connectivity index is 1.65. The summed E-state index contributed by atoms with van der Waals surface area (Å²) in [6.07, 6.45) is 4.74. The quantitative estimate of drug-likeness (QED) is 0.854. The molecule has 4 rings (SSSR count). The molecule has 2 aromatic rings. The molecule has 1 aromatic heterocycles. The van der Waals surface area contributed by atoms with Gasteiger partial charge in [0.05, 0.1) is 5.52 Å². The highest BCUT2D eigenvalue weighted by Crippen LogP contribution is 2.35. The number of aromatic nitrogens is 1. The largest absolute Gasteiger partial charge is 0.338 e. The molecule has 0 unspecified atom stereocenters. The zero-order valence-corrected chi connectivity index (χ0v) is 12.6. The van der Waals surface area contributed by atoms with E-state index >= 15 is 0 Å². The lowest BCUT2D eigenvalue weighted by Gasteiger charge is -2.25. The first-order valence-corrected chi connectivity index (χ1v) is 8.10. The average molecular weight is 296 g/mol. The molecule has 1 aromatic carbocycles. The number of pyridine rings is 1. The third kappa shape index (κ3) is 2.23. The second-order valence-electron chi connectivity index (χ2n) is 6.55. The predicted octanol–water partition coefficient (Wildman–Crippen LogP) is 2.40. The highest BCUT2D eigenvalue weighted by molar-refractivity contribution is 5.82. The highest BCUT2D eigenvalue weighted by atomic mass is 16.2. The Kier molecular flexibility index (Phi) is 3.25. The minimum absolute atomic E-state index is 0.0906. The maximum Gasteiger partial charge on any atom is 0.251 e. The van der Waals surface area contributed by atoms with Crippen molar-refractivity contribution in [1.29, 1.82) is 0 Å². The van der Waals surface area contributed by atoms with Crippen LogP contribution in [0.25, 0.3) is 10.9 Å². The van der Waals surface area contributed by atoms with E-state index in [9.17, 15) is 9.59 Å². The maximum absolute atomic E-state index is 12.7. The van der Waals surface area contributed by atoms with Crippen molar-refractivity contribution in [2.75, 3.05) is 6.54 Å². The molecule has 4 nitrogen and oxygen atoms in total. The van der Waals surface area contributed by atoms with Gasteiger partial charge in [0, 0.05) is 18.7 Å². The van der Waals surface area contributed by atoms with E-state index in [4.69, 9.17) is 0 Å². The number of carbonyl (C=O) groups excluding carboxylic acids is 1. The monoisotopic (exact) mass is 296 g/mol. The van der Waals surface area contributed by atoms with Crippen molar-refractivity contribution in [3.63, 3.8) is 0 Å². The molecule has 1 saturated heterocycles. The lowest BCUT2D eigenvalue weighted by Crippen LogP contribution is -2.39. The molecule has 22 heavy (non-hydrogen) atoms. The Morgan fingerprint density at radius 3 is 2.86 bits per heavy atom. The average Bonchev–Trinajstić information content (AvgIpc) is 2.84. The second-order valence-corrected chi connectivity index (χ2v) is 6.55. The van der Waals surface area contributed by atoms with Gasteiger partial charge in [0.15, 0.2) is 0 Å². The van der Waals surface area contributed by atoms with Gasteiger partial charge >= 0.3 is 0 Å². The standard InChI is InChI=1S/C18H20N2O2/c21-17-9-8-14-5-1-2-7-16(14)20(17)12-18(22)19-11-13-4-3-6-15(19)10-13/h1-2,5,7-9,13,15H,3-4,6,10-12H2/t13-,15+/m0/s1. The number of para-hydroxylation sites is 1. The number of carbonyl (C=O) groups is 1. The van der Waals surface area contributed by atoms with Gasteiger partial charge in [0.1, 0.15) is 6.54 Å². The van der Waals surface area contributed by atoms with Gasteiger partial charge in [-0.15, -0.1) is 0 Å². The van der Waals surface area contributed by atoms with Crippen LogP contribution in [0, 0.1) is 5.92 Å². The Bertz CT molecular complexity index is 780. The molecule has 2 fully saturated rings. The van der Waals surface area contributed by atoms with Crippen molar-refractivity contribution >= 4 is 16.8 Å². The van der Waals surface area contributed by atoms with Gasteiger partial charge in [-0.2, -0.15) is 0 Å². The van der Waals surface area contributed by atoms with Crippen molar-refractivity contribution in [2.24, 2.45) is 5.92 Å². The second kappa shape index (κ2) is 5.27. The molecule has 1 aliphatic heterocycles. The molecule has 2 aliphatic rings. The molecule has 1 saturated carbocycles. The van der Waals surface area contributed by atoms with Crippen molar-refractivity contribution in [3.8, 4) is 0 Å². The third-order valence-electron chi connectivity index (χ3n) is 5.16. The summed E-state index contributed by atoms with van der Waals surface area (Å²) < 4.78 is 1.61. The normalized spacial score (nSPS) is 23.9. The molecular weight excluding hydrogens is 276 g/mol. The van der Waals surface area contributed by atoms with E-state index in [1.165, 1.54) is 12.8 Å². The predicted molar refractivity (Wildman–Crippen MR) is 85.7 cm³/mol. The fourth-order valence-corrected chi connectivity index (χ4v) is 4.08. The zero-order chi connectivity index (χ0) is 15.1. The molecule has 114 valence electrons. The number of rotatable bonds is 2. The van der Waals surface area contributed by atoms with Gasteiger partial charge in [0.25, 0.3) is 5.56 Å². The van der Waals surface area contributed by atoms with Gasteiger partial charge < -0.3 is 4.90 Å². The summed E-state index contributed by atoms with van der Waals surface area (Å²) in [5.74, 6) is 0.764. The van der Waals surface area contributed by atoms with Crippen LogP contribution in [0.15, 0.2) is 41.2 Å². The molecule has 2 atom stereocenters. The Morgan fingerprint density at radius 1 is 1.14 bits per heavy atom. The van der Waals surface area contributed by atoms with E-state index in [-0.39, 0.29) is 18.0 Å². The van der Waals surface area contributed by atoms with Crippen LogP contribution in [0.5, 0.6) is 0 Å². The van der Waals surface area contributed by atoms with Crippen LogP contribution in [0.1, 0.15) is 25.7 Å². The lowest BCUT2D eigenvalue weighted by molar-refractivity contribution is -0.132. The van der Waals surface area contributed by atoms with Crippen LogP contribution in [-0.2, 0) is 11.3 Å². The van der Waals surface area contributed by atoms with E-state index in [1.807, 2.05) is 35.2 Å². The topological polar surface area (TPSA) is 42.3 Å². The molecule has 0 N–H and O–H groups in total. The van der Waals surface area contributed by atoms with Crippen molar-refractivity contribution < 1.29 is 4.79 Å². The summed E-state index contributed by atoms with van der Waals surface area (Å²) in [5, 5.41) is 0.995. The van der Waals surface area contributed by atoms with Crippen molar-refractivity contribution in [1.82, 2.24) is 9.47 Å². The van der Waals surface area contributed by atoms with Crippen LogP contribution >= 0.6 is 0 Å². The van der Waals surface area contributed by atoms with Crippen LogP contribution in [0.4, 0.5) is 0 Å². The number of likely N-dealkylation sites (tertiary alicyclic amines) is 1. The van der Waals surface area contributed by atoms with Gasteiger partial charge in [-0.1, -0.05) is 24.6 Å². The maximum atomic E-state index is 12.7. The third-order valence-corrected chi connectivity index (χ3v) is 5.16. The SMILES string of the molecule is O=C(Cn1c(=O)ccc2ccccc21)N1C[C@H]2CCC[C@@H]1C2. The number of amides is 1. The van der Waals surface area contributed by atoms with E-state index in [2.05, 4.69) is 0 Å². The number of hydrogen-bond acceptors (Lipinski definition) is 2. The summed E-state index contributed by atoms with van der Waals surface area (Å²) >= 11 is 0. The van der Waals surface area contributed by atoms with Crippen molar-refractivity contribution in [3.05, 3.63) is 46.8 Å². The molecular formula is C18H20N2O2. The van der Waals surface area contributed by atoms with Gasteiger partial charge in [-0.05, 0) is 42.7 Å². The molecule has 2 heterocycles. The first-order chi connectivity index (χ1) is 10.7. The van der Waals surface area contributed by atoms with Crippen LogP contribution in [0.3, 0.4) is 0 Å². The first-order valence-electron chi connectivity index (χ1n) is 8.10. The fraction of sp³-hybridized carbons (Fsp3) is 0.444. The first kappa shape index (κ1) is 13.6. The van der Waals surface area contributed by atoms with Crippen molar-refractivity contribution in [2.45, 2.75) is 38.3 Å². The van der Waals surface area contributed by atoms with Gasteiger partial charge in [-0.25, -0.2) is 0 Å². The summed E-state index contributed by atoms with van der Waals surface area (Å²) in [4.78, 5) is 26.9. The lowest BCUT2D eigenvalue weighted by atomic mass is 9.90. The Hall–Kier alpha value is -2.10. The molecule has 2 bridgehead atoms. The molecule has 4 heteroatoms. The molecule has 0 spiro atoms. The molecule has 1 aliphatic carbocycles. The van der Waals surface area contributed by atoms with Crippen LogP contribution < -0.4 is 5.56 Å². The Morgan fingerprint density at radius 2 is 2.00 bits per heavy atom. The minimum Gasteiger partial charge on any atom is -0.338 e. The van der Waals surface area contributed by atoms with Gasteiger partial charge in [-0.3, -0.25) is 14.2 Å². The number of fused-ring (bicyclic) bond motifs is 3. The highest BCUT2D eigenvalue weighted by Gasteiger charge is 2.37. The molecule has 0 radical (unpaired) electrons.